The minimum absolute atomic E-state index is 0.0188. The third kappa shape index (κ3) is 9.50. The zero-order valence-electron chi connectivity index (χ0n) is 26.8. The van der Waals surface area contributed by atoms with Crippen molar-refractivity contribution in [3.63, 3.8) is 0 Å². The van der Waals surface area contributed by atoms with E-state index in [2.05, 4.69) is 5.32 Å². The molecule has 0 radical (unpaired) electrons. The summed E-state index contributed by atoms with van der Waals surface area (Å²) in [5, 5.41) is 3.61. The molecule has 0 bridgehead atoms. The Hall–Kier alpha value is -4.05. The lowest BCUT2D eigenvalue weighted by molar-refractivity contribution is -0.140. The molecule has 0 aliphatic heterocycles. The summed E-state index contributed by atoms with van der Waals surface area (Å²) < 4.78 is 34.9. The van der Waals surface area contributed by atoms with E-state index in [4.69, 9.17) is 27.9 Å². The van der Waals surface area contributed by atoms with E-state index >= 15 is 0 Å². The van der Waals surface area contributed by atoms with Crippen LogP contribution in [0.5, 0.6) is 5.75 Å². The summed E-state index contributed by atoms with van der Waals surface area (Å²) in [6, 6.07) is 26.3. The van der Waals surface area contributed by atoms with Crippen LogP contribution in [0, 0.1) is 12.8 Å². The summed E-state index contributed by atoms with van der Waals surface area (Å²) >= 11 is 12.5. The normalized spacial score (nSPS) is 12.0. The van der Waals surface area contributed by atoms with Crippen LogP contribution in [0.2, 0.25) is 10.0 Å². The number of carbonyl (C=O) groups is 2. The van der Waals surface area contributed by atoms with Gasteiger partial charge in [-0.3, -0.25) is 13.9 Å². The Kier molecular flexibility index (Phi) is 12.3. The zero-order valence-corrected chi connectivity index (χ0v) is 29.1. The maximum atomic E-state index is 14.6. The van der Waals surface area contributed by atoms with E-state index in [9.17, 15) is 18.0 Å². The maximum Gasteiger partial charge on any atom is 0.264 e. The van der Waals surface area contributed by atoms with Gasteiger partial charge in [0.05, 0.1) is 27.7 Å². The molecular weight excluding hydrogens is 657 g/mol. The first kappa shape index (κ1) is 35.8. The fourth-order valence-corrected chi connectivity index (χ4v) is 6.67. The molecule has 0 aliphatic carbocycles. The molecule has 8 nitrogen and oxygen atoms in total. The van der Waals surface area contributed by atoms with Crippen molar-refractivity contribution < 1.29 is 22.7 Å². The van der Waals surface area contributed by atoms with Gasteiger partial charge in [0.15, 0.2) is 0 Å². The van der Waals surface area contributed by atoms with Crippen molar-refractivity contribution in [3.8, 4) is 5.75 Å². The first-order valence-corrected chi connectivity index (χ1v) is 17.4. The van der Waals surface area contributed by atoms with Crippen molar-refractivity contribution in [3.05, 3.63) is 124 Å². The smallest absolute Gasteiger partial charge is 0.264 e. The van der Waals surface area contributed by atoms with Crippen LogP contribution in [0.4, 0.5) is 5.69 Å². The molecule has 248 valence electrons. The summed E-state index contributed by atoms with van der Waals surface area (Å²) in [5.41, 5.74) is 2.58. The second-order valence-electron chi connectivity index (χ2n) is 11.6. The van der Waals surface area contributed by atoms with Crippen molar-refractivity contribution in [1.29, 1.82) is 0 Å². The Morgan fingerprint density at radius 3 is 2.19 bits per heavy atom. The van der Waals surface area contributed by atoms with Gasteiger partial charge in [-0.15, -0.1) is 0 Å². The Morgan fingerprint density at radius 1 is 0.851 bits per heavy atom. The van der Waals surface area contributed by atoms with E-state index < -0.39 is 28.5 Å². The van der Waals surface area contributed by atoms with Crippen molar-refractivity contribution in [2.24, 2.45) is 5.92 Å². The second kappa shape index (κ2) is 16.2. The molecule has 0 aromatic heterocycles. The van der Waals surface area contributed by atoms with Crippen LogP contribution in [0.25, 0.3) is 0 Å². The summed E-state index contributed by atoms with van der Waals surface area (Å²) in [7, 11) is -2.77. The molecule has 4 aromatic rings. The van der Waals surface area contributed by atoms with Gasteiger partial charge in [-0.25, -0.2) is 8.42 Å². The lowest BCUT2D eigenvalue weighted by Gasteiger charge is -2.34. The molecule has 4 aromatic carbocycles. The molecule has 1 N–H and O–H groups in total. The van der Waals surface area contributed by atoms with Gasteiger partial charge in [0.2, 0.25) is 11.8 Å². The lowest BCUT2D eigenvalue weighted by atomic mass is 10.0. The molecule has 2 amide bonds. The van der Waals surface area contributed by atoms with Gasteiger partial charge in [0.25, 0.3) is 10.0 Å². The largest absolute Gasteiger partial charge is 0.497 e. The number of methoxy groups -OCH3 is 1. The van der Waals surface area contributed by atoms with E-state index in [1.54, 1.807) is 54.6 Å². The predicted octanol–water partition coefficient (Wildman–Crippen LogP) is 6.92. The topological polar surface area (TPSA) is 96.0 Å². The van der Waals surface area contributed by atoms with Gasteiger partial charge >= 0.3 is 0 Å². The Morgan fingerprint density at radius 2 is 1.55 bits per heavy atom. The Balaban J connectivity index is 1.82. The zero-order chi connectivity index (χ0) is 34.1. The minimum atomic E-state index is -4.24. The van der Waals surface area contributed by atoms with Crippen LogP contribution in [0.15, 0.2) is 102 Å². The number of nitrogens with one attached hydrogen (secondary N) is 1. The molecule has 0 aliphatic rings. The molecule has 0 fully saturated rings. The van der Waals surface area contributed by atoms with Crippen LogP contribution in [0.1, 0.15) is 30.5 Å². The highest BCUT2D eigenvalue weighted by Crippen LogP contribution is 2.29. The first-order chi connectivity index (χ1) is 22.4. The number of hydrogen-bond acceptors (Lipinski definition) is 5. The average molecular weight is 697 g/mol. The van der Waals surface area contributed by atoms with Crippen molar-refractivity contribution >= 4 is 50.7 Å². The van der Waals surface area contributed by atoms with E-state index in [0.717, 1.165) is 15.4 Å². The van der Waals surface area contributed by atoms with Crippen molar-refractivity contribution in [2.45, 2.75) is 44.7 Å². The number of ether oxygens (including phenoxy) is 1. The second-order valence-corrected chi connectivity index (χ2v) is 14.3. The van der Waals surface area contributed by atoms with Gasteiger partial charge in [-0.05, 0) is 60.4 Å². The highest BCUT2D eigenvalue weighted by molar-refractivity contribution is 7.92. The number of halogens is 2. The Bertz CT molecular complexity index is 1780. The first-order valence-electron chi connectivity index (χ1n) is 15.2. The summed E-state index contributed by atoms with van der Waals surface area (Å²) in [5.74, 6) is -0.360. The van der Waals surface area contributed by atoms with Crippen LogP contribution in [-0.2, 0) is 32.6 Å². The standard InChI is InChI=1S/C36H39Cl2N3O5S/c1-25(2)22-39-36(43)34(20-27-9-6-5-7-10-27)40(23-28-15-18-32(37)33(38)19-28)35(42)24-41(29-11-8-12-30(21-29)46-4)47(44,45)31-16-13-26(3)14-17-31/h5-19,21,25,34H,20,22-24H2,1-4H3,(H,39,43)/t34-/m0/s1. The number of aryl methyl sites for hydroxylation is 1. The lowest BCUT2D eigenvalue weighted by Crippen LogP contribution is -2.53. The molecular formula is C36H39Cl2N3O5S. The van der Waals surface area contributed by atoms with Gasteiger partial charge in [0, 0.05) is 25.6 Å². The van der Waals surface area contributed by atoms with Gasteiger partial charge in [0.1, 0.15) is 18.3 Å². The molecule has 0 saturated heterocycles. The number of amides is 2. The molecule has 0 spiro atoms. The average Bonchev–Trinajstić information content (AvgIpc) is 3.06. The third-order valence-electron chi connectivity index (χ3n) is 7.52. The van der Waals surface area contributed by atoms with Crippen molar-refractivity contribution in [2.75, 3.05) is 24.5 Å². The number of nitrogens with zero attached hydrogens (tertiary/aromatic N) is 2. The van der Waals surface area contributed by atoms with E-state index in [1.165, 1.54) is 24.1 Å². The summed E-state index contributed by atoms with van der Waals surface area (Å²) in [6.07, 6.45) is 0.196. The van der Waals surface area contributed by atoms with Crippen LogP contribution < -0.4 is 14.4 Å². The summed E-state index contributed by atoms with van der Waals surface area (Å²) in [6.45, 7) is 5.60. The predicted molar refractivity (Wildman–Crippen MR) is 187 cm³/mol. The van der Waals surface area contributed by atoms with Crippen LogP contribution in [0.3, 0.4) is 0 Å². The number of benzene rings is 4. The molecule has 1 atom stereocenters. The van der Waals surface area contributed by atoms with Crippen molar-refractivity contribution in [1.82, 2.24) is 10.2 Å². The monoisotopic (exact) mass is 695 g/mol. The molecule has 0 heterocycles. The molecule has 0 unspecified atom stereocenters. The summed E-state index contributed by atoms with van der Waals surface area (Å²) in [4.78, 5) is 29.9. The van der Waals surface area contributed by atoms with Gasteiger partial charge < -0.3 is 15.0 Å². The number of sulfonamides is 1. The van der Waals surface area contributed by atoms with Crippen LogP contribution >= 0.6 is 23.2 Å². The molecule has 4 rings (SSSR count). The van der Waals surface area contributed by atoms with Gasteiger partial charge in [-0.2, -0.15) is 0 Å². The SMILES string of the molecule is COc1cccc(N(CC(=O)N(Cc2ccc(Cl)c(Cl)c2)[C@@H](Cc2ccccc2)C(=O)NCC(C)C)S(=O)(=O)c2ccc(C)cc2)c1. The number of hydrogen-bond donors (Lipinski definition) is 1. The van der Waals surface area contributed by atoms with Gasteiger partial charge in [-0.1, -0.05) is 97.2 Å². The third-order valence-corrected chi connectivity index (χ3v) is 10.0. The number of carbonyl (C=O) groups excluding carboxylic acids is 2. The van der Waals surface area contributed by atoms with E-state index in [0.29, 0.717) is 27.9 Å². The van der Waals surface area contributed by atoms with E-state index in [-0.39, 0.29) is 35.4 Å². The maximum absolute atomic E-state index is 14.6. The highest BCUT2D eigenvalue weighted by Gasteiger charge is 2.35. The minimum Gasteiger partial charge on any atom is -0.497 e. The number of anilines is 1. The fourth-order valence-electron chi connectivity index (χ4n) is 4.94. The molecule has 11 heteroatoms. The quantitative estimate of drug-likeness (QED) is 0.155. The molecule has 47 heavy (non-hydrogen) atoms. The van der Waals surface area contributed by atoms with E-state index in [1.807, 2.05) is 51.1 Å². The number of rotatable bonds is 14. The fraction of sp³-hybridized carbons (Fsp3) is 0.278. The molecule has 0 saturated carbocycles. The Labute approximate surface area is 287 Å². The highest BCUT2D eigenvalue weighted by atomic mass is 35.5. The van der Waals surface area contributed by atoms with Crippen LogP contribution in [-0.4, -0.2) is 51.4 Å².